The van der Waals surface area contributed by atoms with E-state index in [1.807, 2.05) is 10.8 Å². The van der Waals surface area contributed by atoms with Gasteiger partial charge >= 0.3 is 0 Å². The fourth-order valence-electron chi connectivity index (χ4n) is 2.03. The van der Waals surface area contributed by atoms with Crippen LogP contribution in [0.5, 0.6) is 0 Å². The zero-order valence-electron chi connectivity index (χ0n) is 11.0. The lowest BCUT2D eigenvalue weighted by atomic mass is 10.2. The SMILES string of the molecule is CCN(CC)c1ccc(-n2cnc(CN)c2)cc1. The van der Waals surface area contributed by atoms with E-state index in [1.54, 1.807) is 6.33 Å². The number of hydrogen-bond donors (Lipinski definition) is 1. The molecule has 18 heavy (non-hydrogen) atoms. The topological polar surface area (TPSA) is 47.1 Å². The Morgan fingerprint density at radius 1 is 1.17 bits per heavy atom. The predicted molar refractivity (Wildman–Crippen MR) is 75.0 cm³/mol. The molecule has 1 heterocycles. The first-order valence-corrected chi connectivity index (χ1v) is 6.36. The Balaban J connectivity index is 2.21. The molecule has 96 valence electrons. The third kappa shape index (κ3) is 2.54. The Bertz CT molecular complexity index is 483. The number of hydrogen-bond acceptors (Lipinski definition) is 3. The van der Waals surface area contributed by atoms with Gasteiger partial charge in [-0.25, -0.2) is 4.98 Å². The summed E-state index contributed by atoms with van der Waals surface area (Å²) in [6.45, 7) is 6.86. The number of aromatic nitrogens is 2. The quantitative estimate of drug-likeness (QED) is 0.877. The average molecular weight is 244 g/mol. The molecular formula is C14H20N4. The molecule has 0 saturated heterocycles. The van der Waals surface area contributed by atoms with Crippen LogP contribution in [0, 0.1) is 0 Å². The van der Waals surface area contributed by atoms with Crippen LogP contribution in [-0.2, 0) is 6.54 Å². The molecule has 4 nitrogen and oxygen atoms in total. The number of rotatable bonds is 5. The molecule has 2 aromatic rings. The van der Waals surface area contributed by atoms with Crippen LogP contribution >= 0.6 is 0 Å². The Hall–Kier alpha value is -1.81. The molecule has 0 radical (unpaired) electrons. The summed E-state index contributed by atoms with van der Waals surface area (Å²) in [5, 5.41) is 0. The van der Waals surface area contributed by atoms with Crippen LogP contribution in [-0.4, -0.2) is 22.6 Å². The minimum atomic E-state index is 0.477. The summed E-state index contributed by atoms with van der Waals surface area (Å²) in [7, 11) is 0. The maximum atomic E-state index is 5.56. The van der Waals surface area contributed by atoms with E-state index in [9.17, 15) is 0 Å². The zero-order valence-corrected chi connectivity index (χ0v) is 11.0. The summed E-state index contributed by atoms with van der Waals surface area (Å²) < 4.78 is 1.99. The number of anilines is 1. The number of imidazole rings is 1. The Labute approximate surface area is 108 Å². The predicted octanol–water partition coefficient (Wildman–Crippen LogP) is 2.18. The van der Waals surface area contributed by atoms with Crippen LogP contribution in [0.1, 0.15) is 19.5 Å². The standard InChI is InChI=1S/C14H20N4/c1-3-17(4-2)13-5-7-14(8-6-13)18-10-12(9-15)16-11-18/h5-8,10-11H,3-4,9,15H2,1-2H3. The number of nitrogens with zero attached hydrogens (tertiary/aromatic N) is 3. The number of nitrogens with two attached hydrogens (primary N) is 1. The molecule has 0 aliphatic rings. The van der Waals surface area contributed by atoms with Gasteiger partial charge in [-0.15, -0.1) is 0 Å². The van der Waals surface area contributed by atoms with Crippen molar-refractivity contribution in [1.29, 1.82) is 0 Å². The van der Waals surface area contributed by atoms with Gasteiger partial charge in [0.15, 0.2) is 0 Å². The van der Waals surface area contributed by atoms with E-state index in [2.05, 4.69) is 48.0 Å². The summed E-state index contributed by atoms with van der Waals surface area (Å²) in [4.78, 5) is 6.55. The van der Waals surface area contributed by atoms with Crippen molar-refractivity contribution in [2.45, 2.75) is 20.4 Å². The Morgan fingerprint density at radius 2 is 1.83 bits per heavy atom. The van der Waals surface area contributed by atoms with Crippen molar-refractivity contribution in [2.75, 3.05) is 18.0 Å². The minimum Gasteiger partial charge on any atom is -0.372 e. The van der Waals surface area contributed by atoms with E-state index in [0.717, 1.165) is 24.5 Å². The van der Waals surface area contributed by atoms with Gasteiger partial charge in [-0.3, -0.25) is 0 Å². The van der Waals surface area contributed by atoms with Gasteiger partial charge in [0.1, 0.15) is 0 Å². The Morgan fingerprint density at radius 3 is 2.33 bits per heavy atom. The molecular weight excluding hydrogens is 224 g/mol. The fourth-order valence-corrected chi connectivity index (χ4v) is 2.03. The molecule has 2 N–H and O–H groups in total. The highest BCUT2D eigenvalue weighted by Gasteiger charge is 2.03. The monoisotopic (exact) mass is 244 g/mol. The largest absolute Gasteiger partial charge is 0.372 e. The fraction of sp³-hybridized carbons (Fsp3) is 0.357. The summed E-state index contributed by atoms with van der Waals surface area (Å²) in [6.07, 6.45) is 3.76. The van der Waals surface area contributed by atoms with Crippen LogP contribution < -0.4 is 10.6 Å². The summed E-state index contributed by atoms with van der Waals surface area (Å²) >= 11 is 0. The van der Waals surface area contributed by atoms with Gasteiger partial charge in [-0.2, -0.15) is 0 Å². The molecule has 0 bridgehead atoms. The van der Waals surface area contributed by atoms with Crippen LogP contribution in [0.4, 0.5) is 5.69 Å². The van der Waals surface area contributed by atoms with Gasteiger partial charge in [0.05, 0.1) is 12.0 Å². The lowest BCUT2D eigenvalue weighted by Gasteiger charge is -2.21. The van der Waals surface area contributed by atoms with Gasteiger partial charge < -0.3 is 15.2 Å². The molecule has 0 amide bonds. The molecule has 1 aromatic carbocycles. The highest BCUT2D eigenvalue weighted by molar-refractivity contribution is 5.50. The lowest BCUT2D eigenvalue weighted by Crippen LogP contribution is -2.21. The van der Waals surface area contributed by atoms with Gasteiger partial charge in [0.2, 0.25) is 0 Å². The number of benzene rings is 1. The lowest BCUT2D eigenvalue weighted by molar-refractivity contribution is 0.865. The second-order valence-corrected chi connectivity index (χ2v) is 4.17. The average Bonchev–Trinajstić information content (AvgIpc) is 2.90. The smallest absolute Gasteiger partial charge is 0.0995 e. The van der Waals surface area contributed by atoms with Gasteiger partial charge in [-0.05, 0) is 38.1 Å². The van der Waals surface area contributed by atoms with Crippen LogP contribution in [0.2, 0.25) is 0 Å². The van der Waals surface area contributed by atoms with E-state index >= 15 is 0 Å². The van der Waals surface area contributed by atoms with Crippen LogP contribution in [0.15, 0.2) is 36.8 Å². The Kier molecular flexibility index (Phi) is 3.99. The van der Waals surface area contributed by atoms with Gasteiger partial charge in [-0.1, -0.05) is 0 Å². The molecule has 2 rings (SSSR count). The first kappa shape index (κ1) is 12.6. The van der Waals surface area contributed by atoms with Crippen molar-refractivity contribution in [1.82, 2.24) is 9.55 Å². The maximum Gasteiger partial charge on any atom is 0.0995 e. The first-order valence-electron chi connectivity index (χ1n) is 6.36. The van der Waals surface area contributed by atoms with E-state index in [4.69, 9.17) is 5.73 Å². The van der Waals surface area contributed by atoms with E-state index < -0.39 is 0 Å². The normalized spacial score (nSPS) is 10.6. The molecule has 1 aromatic heterocycles. The van der Waals surface area contributed by atoms with Crippen molar-refractivity contribution in [2.24, 2.45) is 5.73 Å². The third-order valence-electron chi connectivity index (χ3n) is 3.12. The first-order chi connectivity index (χ1) is 8.78. The van der Waals surface area contributed by atoms with Crippen LogP contribution in [0.25, 0.3) is 5.69 Å². The molecule has 0 unspecified atom stereocenters. The third-order valence-corrected chi connectivity index (χ3v) is 3.12. The highest BCUT2D eigenvalue weighted by atomic mass is 15.1. The summed E-state index contributed by atoms with van der Waals surface area (Å²) in [6, 6.07) is 8.50. The van der Waals surface area contributed by atoms with Crippen molar-refractivity contribution in [3.05, 3.63) is 42.5 Å². The highest BCUT2D eigenvalue weighted by Crippen LogP contribution is 2.17. The summed E-state index contributed by atoms with van der Waals surface area (Å²) in [5.41, 5.74) is 8.83. The molecule has 0 aliphatic heterocycles. The molecule has 4 heteroatoms. The van der Waals surface area contributed by atoms with Crippen LogP contribution in [0.3, 0.4) is 0 Å². The molecule has 0 saturated carbocycles. The maximum absolute atomic E-state index is 5.56. The van der Waals surface area contributed by atoms with Crippen molar-refractivity contribution in [3.63, 3.8) is 0 Å². The van der Waals surface area contributed by atoms with Crippen molar-refractivity contribution in [3.8, 4) is 5.69 Å². The van der Waals surface area contributed by atoms with Gasteiger partial charge in [0.25, 0.3) is 0 Å². The van der Waals surface area contributed by atoms with Crippen molar-refractivity contribution < 1.29 is 0 Å². The summed E-state index contributed by atoms with van der Waals surface area (Å²) in [5.74, 6) is 0. The van der Waals surface area contributed by atoms with E-state index in [0.29, 0.717) is 6.54 Å². The molecule has 0 fully saturated rings. The second kappa shape index (κ2) is 5.69. The molecule has 0 atom stereocenters. The molecule has 0 spiro atoms. The second-order valence-electron chi connectivity index (χ2n) is 4.17. The zero-order chi connectivity index (χ0) is 13.0. The molecule has 0 aliphatic carbocycles. The van der Waals surface area contributed by atoms with E-state index in [-0.39, 0.29) is 0 Å². The minimum absolute atomic E-state index is 0.477. The van der Waals surface area contributed by atoms with Crippen molar-refractivity contribution >= 4 is 5.69 Å². The van der Waals surface area contributed by atoms with Gasteiger partial charge in [0, 0.05) is 37.2 Å². The van der Waals surface area contributed by atoms with E-state index in [1.165, 1.54) is 5.69 Å².